The van der Waals surface area contributed by atoms with E-state index in [2.05, 4.69) is 15.4 Å². The summed E-state index contributed by atoms with van der Waals surface area (Å²) in [4.78, 5) is 28.8. The number of carbonyl (C=O) groups is 2. The molecule has 2 aromatic rings. The molecule has 0 aliphatic rings. The molecule has 1 amide bonds. The molecule has 9 heteroatoms. The second-order valence-electron chi connectivity index (χ2n) is 4.67. The van der Waals surface area contributed by atoms with Gasteiger partial charge in [-0.3, -0.25) is 14.8 Å². The van der Waals surface area contributed by atoms with Crippen LogP contribution in [0.4, 0.5) is 5.13 Å². The van der Waals surface area contributed by atoms with Crippen molar-refractivity contribution in [3.05, 3.63) is 27.0 Å². The monoisotopic (exact) mass is 356 g/mol. The van der Waals surface area contributed by atoms with Crippen LogP contribution in [0, 0.1) is 13.8 Å². The fourth-order valence-electron chi connectivity index (χ4n) is 2.00. The number of nitrogens with one attached hydrogen (secondary N) is 1. The number of thiazole rings is 1. The second kappa shape index (κ2) is 7.10. The lowest BCUT2D eigenvalue weighted by Gasteiger charge is -2.04. The molecule has 0 radical (unpaired) electrons. The number of hydrogen-bond acceptors (Lipinski definition) is 6. The van der Waals surface area contributed by atoms with Gasteiger partial charge >= 0.3 is 5.97 Å². The standard InChI is InChI=1S/C14H17ClN4O3S/c1-5-19-10(9(15)7(3)18-19)12(20)17-14-16-8(4)11(23-14)13(21)22-6-2/h5-6H2,1-4H3,(H,16,17,20). The van der Waals surface area contributed by atoms with Crippen molar-refractivity contribution < 1.29 is 14.3 Å². The molecule has 0 aliphatic heterocycles. The van der Waals surface area contributed by atoms with Crippen molar-refractivity contribution in [2.24, 2.45) is 0 Å². The van der Waals surface area contributed by atoms with Crippen LogP contribution in [0.1, 0.15) is 45.4 Å². The number of hydrogen-bond donors (Lipinski definition) is 1. The van der Waals surface area contributed by atoms with Gasteiger partial charge in [-0.15, -0.1) is 0 Å². The Morgan fingerprint density at radius 3 is 2.61 bits per heavy atom. The number of carbonyl (C=O) groups excluding carboxylic acids is 2. The van der Waals surface area contributed by atoms with Gasteiger partial charge in [0.15, 0.2) is 5.13 Å². The van der Waals surface area contributed by atoms with Crippen molar-refractivity contribution >= 4 is 39.9 Å². The van der Waals surface area contributed by atoms with Gasteiger partial charge in [-0.1, -0.05) is 22.9 Å². The van der Waals surface area contributed by atoms with E-state index in [-0.39, 0.29) is 12.3 Å². The molecule has 0 saturated heterocycles. The maximum absolute atomic E-state index is 12.4. The molecule has 23 heavy (non-hydrogen) atoms. The van der Waals surface area contributed by atoms with Crippen LogP contribution in [0.15, 0.2) is 0 Å². The summed E-state index contributed by atoms with van der Waals surface area (Å²) in [7, 11) is 0. The number of anilines is 1. The maximum atomic E-state index is 12.4. The van der Waals surface area contributed by atoms with Gasteiger partial charge in [0.2, 0.25) is 0 Å². The van der Waals surface area contributed by atoms with Crippen LogP contribution in [-0.2, 0) is 11.3 Å². The zero-order valence-corrected chi connectivity index (χ0v) is 14.8. The van der Waals surface area contributed by atoms with E-state index in [0.29, 0.717) is 33.0 Å². The van der Waals surface area contributed by atoms with Crippen molar-refractivity contribution in [3.8, 4) is 0 Å². The summed E-state index contributed by atoms with van der Waals surface area (Å²) in [5.41, 5.74) is 1.37. The van der Waals surface area contributed by atoms with E-state index in [0.717, 1.165) is 11.3 Å². The molecule has 0 unspecified atom stereocenters. The summed E-state index contributed by atoms with van der Waals surface area (Å²) in [5, 5.41) is 7.48. The largest absolute Gasteiger partial charge is 0.462 e. The number of aryl methyl sites for hydroxylation is 3. The fourth-order valence-corrected chi connectivity index (χ4v) is 3.07. The minimum Gasteiger partial charge on any atom is -0.462 e. The van der Waals surface area contributed by atoms with Gasteiger partial charge in [-0.2, -0.15) is 5.10 Å². The van der Waals surface area contributed by atoms with Gasteiger partial charge in [-0.25, -0.2) is 9.78 Å². The normalized spacial score (nSPS) is 10.7. The summed E-state index contributed by atoms with van der Waals surface area (Å²) >= 11 is 7.21. The number of nitrogens with zero attached hydrogens (tertiary/aromatic N) is 3. The third-order valence-electron chi connectivity index (χ3n) is 3.05. The zero-order chi connectivity index (χ0) is 17.1. The average molecular weight is 357 g/mol. The molecule has 7 nitrogen and oxygen atoms in total. The summed E-state index contributed by atoms with van der Waals surface area (Å²) in [6.07, 6.45) is 0. The number of esters is 1. The number of amides is 1. The summed E-state index contributed by atoms with van der Waals surface area (Å²) in [6.45, 7) is 7.81. The average Bonchev–Trinajstić information content (AvgIpc) is 3.00. The van der Waals surface area contributed by atoms with Crippen LogP contribution < -0.4 is 5.32 Å². The molecule has 0 aromatic carbocycles. The lowest BCUT2D eigenvalue weighted by molar-refractivity contribution is 0.0531. The zero-order valence-electron chi connectivity index (χ0n) is 13.3. The molecule has 0 aliphatic carbocycles. The Kier molecular flexibility index (Phi) is 5.38. The Bertz CT molecular complexity index is 754. The maximum Gasteiger partial charge on any atom is 0.350 e. The molecule has 0 atom stereocenters. The van der Waals surface area contributed by atoms with Gasteiger partial charge < -0.3 is 4.74 Å². The van der Waals surface area contributed by atoms with Crippen LogP contribution in [0.3, 0.4) is 0 Å². The first-order valence-electron chi connectivity index (χ1n) is 7.07. The molecule has 0 spiro atoms. The smallest absolute Gasteiger partial charge is 0.350 e. The third-order valence-corrected chi connectivity index (χ3v) is 4.55. The molecular weight excluding hydrogens is 340 g/mol. The minimum absolute atomic E-state index is 0.275. The summed E-state index contributed by atoms with van der Waals surface area (Å²) < 4.78 is 6.48. The van der Waals surface area contributed by atoms with E-state index in [1.807, 2.05) is 6.92 Å². The number of aromatic nitrogens is 3. The molecule has 0 fully saturated rings. The summed E-state index contributed by atoms with van der Waals surface area (Å²) in [6, 6.07) is 0. The summed E-state index contributed by atoms with van der Waals surface area (Å²) in [5.74, 6) is -0.864. The predicted molar refractivity (Wildman–Crippen MR) is 88.4 cm³/mol. The SMILES string of the molecule is CCOC(=O)c1sc(NC(=O)c2c(Cl)c(C)nn2CC)nc1C. The number of rotatable bonds is 5. The lowest BCUT2D eigenvalue weighted by Crippen LogP contribution is -2.17. The van der Waals surface area contributed by atoms with Crippen LogP contribution in [0.2, 0.25) is 5.02 Å². The molecule has 1 N–H and O–H groups in total. The van der Waals surface area contributed by atoms with Crippen molar-refractivity contribution in [1.82, 2.24) is 14.8 Å². The number of ether oxygens (including phenoxy) is 1. The van der Waals surface area contributed by atoms with Crippen LogP contribution >= 0.6 is 22.9 Å². The quantitative estimate of drug-likeness (QED) is 0.832. The molecule has 0 saturated carbocycles. The highest BCUT2D eigenvalue weighted by Gasteiger charge is 2.22. The van der Waals surface area contributed by atoms with Gasteiger partial charge in [-0.05, 0) is 27.7 Å². The Hall–Kier alpha value is -1.93. The molecule has 2 aromatic heterocycles. The predicted octanol–water partition coefficient (Wildman–Crippen LogP) is 3.06. The topological polar surface area (TPSA) is 86.1 Å². The van der Waals surface area contributed by atoms with E-state index < -0.39 is 11.9 Å². The first-order chi connectivity index (χ1) is 10.9. The molecule has 2 heterocycles. The highest BCUT2D eigenvalue weighted by Crippen LogP contribution is 2.26. The van der Waals surface area contributed by atoms with Crippen molar-refractivity contribution in [1.29, 1.82) is 0 Å². The highest BCUT2D eigenvalue weighted by molar-refractivity contribution is 7.17. The molecule has 2 rings (SSSR count). The van der Waals surface area contributed by atoms with E-state index >= 15 is 0 Å². The van der Waals surface area contributed by atoms with E-state index in [4.69, 9.17) is 16.3 Å². The minimum atomic E-state index is -0.449. The van der Waals surface area contributed by atoms with E-state index in [1.165, 1.54) is 4.68 Å². The van der Waals surface area contributed by atoms with E-state index in [1.54, 1.807) is 20.8 Å². The van der Waals surface area contributed by atoms with Gasteiger partial charge in [0.25, 0.3) is 5.91 Å². The first kappa shape index (κ1) is 17.4. The molecule has 124 valence electrons. The first-order valence-corrected chi connectivity index (χ1v) is 8.27. The van der Waals surface area contributed by atoms with Crippen LogP contribution in [0.5, 0.6) is 0 Å². The van der Waals surface area contributed by atoms with Crippen molar-refractivity contribution in [2.75, 3.05) is 11.9 Å². The molecule has 0 bridgehead atoms. The number of halogens is 1. The Morgan fingerprint density at radius 1 is 1.30 bits per heavy atom. The van der Waals surface area contributed by atoms with Crippen LogP contribution in [-0.4, -0.2) is 33.2 Å². The second-order valence-corrected chi connectivity index (χ2v) is 6.05. The lowest BCUT2D eigenvalue weighted by atomic mass is 10.3. The van der Waals surface area contributed by atoms with Gasteiger partial charge in [0.1, 0.15) is 10.6 Å². The van der Waals surface area contributed by atoms with Crippen molar-refractivity contribution in [2.45, 2.75) is 34.2 Å². The third kappa shape index (κ3) is 3.53. The fraction of sp³-hybridized carbons (Fsp3) is 0.429. The van der Waals surface area contributed by atoms with Crippen molar-refractivity contribution in [3.63, 3.8) is 0 Å². The van der Waals surface area contributed by atoms with Crippen LogP contribution in [0.25, 0.3) is 0 Å². The van der Waals surface area contributed by atoms with Gasteiger partial charge in [0, 0.05) is 6.54 Å². The van der Waals surface area contributed by atoms with E-state index in [9.17, 15) is 9.59 Å². The Morgan fingerprint density at radius 2 is 2.00 bits per heavy atom. The van der Waals surface area contributed by atoms with Gasteiger partial charge in [0.05, 0.1) is 23.0 Å². The Balaban J connectivity index is 2.25. The molecular formula is C14H17ClN4O3S. The highest BCUT2D eigenvalue weighted by atomic mass is 35.5. The Labute approximate surface area is 142 Å².